The fourth-order valence-electron chi connectivity index (χ4n) is 7.46. The Bertz CT molecular complexity index is 2430. The summed E-state index contributed by atoms with van der Waals surface area (Å²) in [5.41, 5.74) is 0.903. The zero-order valence-corrected chi connectivity index (χ0v) is 41.3. The molecule has 0 aliphatic heterocycles. The number of methoxy groups -OCH3 is 2. The average molecular weight is 967 g/mol. The number of carbonyl (C=O) groups excluding carboxylic acids is 3. The predicted molar refractivity (Wildman–Crippen MR) is 273 cm³/mol. The molecule has 0 radical (unpaired) electrons. The van der Waals surface area contributed by atoms with Gasteiger partial charge in [0, 0.05) is 39.3 Å². The summed E-state index contributed by atoms with van der Waals surface area (Å²) in [6.45, 7) is 7.27. The predicted octanol–water partition coefficient (Wildman–Crippen LogP) is 9.34. The largest absolute Gasteiger partial charge is 0.493 e. The van der Waals surface area contributed by atoms with Crippen molar-refractivity contribution in [2.24, 2.45) is 0 Å². The molecule has 4 rings (SSSR count). The Morgan fingerprint density at radius 3 is 1.11 bits per heavy atom. The standard InChI is InChI=1S/C53H70N6O11/c1-6-21-40-24-28-43(29-25-40)68-48(60)54-32-15-9-12-18-35-57-51(63)58(36-19-13-10-16-33-55-49(61)69-44-30-26-41(22-7-2)38-46(44)66-4)53(65)59(52(57)64)37-20-14-11-17-34-56-50(62)70-45-31-27-42(23-8-3)39-47(45)67-5/h6-8,21-31,38-39H,9-20,32-37H2,1-5H3,(H,54,60)(H,55,61)(H,56,62). The van der Waals surface area contributed by atoms with Crippen LogP contribution < -0.4 is 56.7 Å². The summed E-state index contributed by atoms with van der Waals surface area (Å²) in [5.74, 6) is 1.92. The van der Waals surface area contributed by atoms with Crippen molar-refractivity contribution in [3.05, 3.63) is 127 Å². The third-order valence-electron chi connectivity index (χ3n) is 11.1. The number of nitrogens with one attached hydrogen (secondary N) is 3. The second kappa shape index (κ2) is 31.0. The zero-order valence-electron chi connectivity index (χ0n) is 41.3. The summed E-state index contributed by atoms with van der Waals surface area (Å²) in [5, 5.41) is 8.25. The minimum Gasteiger partial charge on any atom is -0.493 e. The maximum Gasteiger partial charge on any atom is 0.412 e. The van der Waals surface area contributed by atoms with Gasteiger partial charge in [-0.25, -0.2) is 42.5 Å². The minimum absolute atomic E-state index is 0.131. The summed E-state index contributed by atoms with van der Waals surface area (Å²) < 4.78 is 30.4. The van der Waals surface area contributed by atoms with Gasteiger partial charge < -0.3 is 39.6 Å². The van der Waals surface area contributed by atoms with Crippen LogP contribution in [0.4, 0.5) is 14.4 Å². The number of unbranched alkanes of at least 4 members (excludes halogenated alkanes) is 9. The van der Waals surface area contributed by atoms with Crippen LogP contribution in [0.3, 0.4) is 0 Å². The van der Waals surface area contributed by atoms with E-state index >= 15 is 0 Å². The number of allylic oxidation sites excluding steroid dienone is 3. The fraction of sp³-hybridized carbons (Fsp3) is 0.434. The van der Waals surface area contributed by atoms with Crippen LogP contribution in [-0.2, 0) is 19.6 Å². The highest BCUT2D eigenvalue weighted by Crippen LogP contribution is 2.30. The Hall–Kier alpha value is -7.30. The van der Waals surface area contributed by atoms with Crippen molar-refractivity contribution >= 4 is 36.5 Å². The molecule has 0 aliphatic rings. The van der Waals surface area contributed by atoms with Crippen LogP contribution in [0.2, 0.25) is 0 Å². The summed E-state index contributed by atoms with van der Waals surface area (Å²) >= 11 is 0. The highest BCUT2D eigenvalue weighted by Gasteiger charge is 2.16. The van der Waals surface area contributed by atoms with Crippen molar-refractivity contribution < 1.29 is 38.1 Å². The van der Waals surface area contributed by atoms with Gasteiger partial charge in [-0.1, -0.05) is 99.2 Å². The van der Waals surface area contributed by atoms with Crippen molar-refractivity contribution in [1.82, 2.24) is 29.7 Å². The van der Waals surface area contributed by atoms with Crippen molar-refractivity contribution in [3.8, 4) is 28.7 Å². The molecule has 0 spiro atoms. The molecule has 1 heterocycles. The molecule has 0 atom stereocenters. The smallest absolute Gasteiger partial charge is 0.412 e. The summed E-state index contributed by atoms with van der Waals surface area (Å²) in [6, 6.07) is 17.7. The van der Waals surface area contributed by atoms with E-state index in [2.05, 4.69) is 16.0 Å². The molecule has 3 N–H and O–H groups in total. The Morgan fingerprint density at radius 1 is 0.429 bits per heavy atom. The number of ether oxygens (including phenoxy) is 5. The Labute approximate surface area is 410 Å². The van der Waals surface area contributed by atoms with Crippen molar-refractivity contribution in [1.29, 1.82) is 0 Å². The van der Waals surface area contributed by atoms with Crippen LogP contribution in [0, 0.1) is 0 Å². The van der Waals surface area contributed by atoms with Crippen LogP contribution in [0.15, 0.2) is 93.3 Å². The SMILES string of the molecule is CC=Cc1ccc(OC(=O)NCCCCCCn2c(=O)n(CCCCCCNC(=O)Oc3ccc(C=CC)cc3OC)c(=O)n(CCCCCCNC(=O)Oc3ccc(C=CC)cc3OC)c2=O)cc1. The lowest BCUT2D eigenvalue weighted by atomic mass is 10.2. The highest BCUT2D eigenvalue weighted by atomic mass is 16.6. The second-order valence-corrected chi connectivity index (χ2v) is 16.4. The first kappa shape index (κ1) is 55.3. The van der Waals surface area contributed by atoms with Crippen molar-refractivity contribution in [2.45, 2.75) is 117 Å². The monoisotopic (exact) mass is 967 g/mol. The summed E-state index contributed by atoms with van der Waals surface area (Å²) in [4.78, 5) is 78.4. The topological polar surface area (TPSA) is 199 Å². The van der Waals surface area contributed by atoms with Crippen molar-refractivity contribution in [3.63, 3.8) is 0 Å². The molecule has 17 nitrogen and oxygen atoms in total. The molecular formula is C53H70N6O11. The number of hydrogen-bond acceptors (Lipinski definition) is 11. The highest BCUT2D eigenvalue weighted by molar-refractivity contribution is 5.73. The molecule has 0 fully saturated rings. The fourth-order valence-corrected chi connectivity index (χ4v) is 7.46. The Morgan fingerprint density at radius 2 is 0.757 bits per heavy atom. The van der Waals surface area contributed by atoms with E-state index in [1.54, 1.807) is 36.4 Å². The lowest BCUT2D eigenvalue weighted by molar-refractivity contribution is 0.197. The van der Waals surface area contributed by atoms with Gasteiger partial charge in [0.15, 0.2) is 23.0 Å². The van der Waals surface area contributed by atoms with Crippen LogP contribution in [-0.4, -0.2) is 65.8 Å². The molecule has 0 aliphatic carbocycles. The average Bonchev–Trinajstić information content (AvgIpc) is 3.35. The van der Waals surface area contributed by atoms with Gasteiger partial charge in [0.2, 0.25) is 0 Å². The first-order chi connectivity index (χ1) is 34.0. The van der Waals surface area contributed by atoms with Crippen molar-refractivity contribution in [2.75, 3.05) is 33.9 Å². The van der Waals surface area contributed by atoms with Gasteiger partial charge in [0.05, 0.1) is 14.2 Å². The van der Waals surface area contributed by atoms with E-state index < -0.39 is 35.3 Å². The summed E-state index contributed by atoms with van der Waals surface area (Å²) in [6.07, 6.45) is 17.4. The third-order valence-corrected chi connectivity index (χ3v) is 11.1. The molecule has 1 aromatic heterocycles. The molecular weight excluding hydrogens is 897 g/mol. The van der Waals surface area contributed by atoms with Crippen LogP contribution in [0.1, 0.15) is 115 Å². The van der Waals surface area contributed by atoms with E-state index in [4.69, 9.17) is 23.7 Å². The second-order valence-electron chi connectivity index (χ2n) is 16.4. The molecule has 17 heteroatoms. The molecule has 0 saturated heterocycles. The van der Waals surface area contributed by atoms with Crippen LogP contribution >= 0.6 is 0 Å². The van der Waals surface area contributed by atoms with Gasteiger partial charge in [0.1, 0.15) is 5.75 Å². The molecule has 3 aromatic carbocycles. The van der Waals surface area contributed by atoms with E-state index in [1.165, 1.54) is 14.2 Å². The number of aromatic nitrogens is 3. The minimum atomic E-state index is -0.643. The number of rotatable bonds is 29. The van der Waals surface area contributed by atoms with Crippen LogP contribution in [0.5, 0.6) is 28.7 Å². The molecule has 378 valence electrons. The lowest BCUT2D eigenvalue weighted by Gasteiger charge is -2.14. The maximum absolute atomic E-state index is 13.7. The molecule has 0 saturated carbocycles. The molecule has 0 bridgehead atoms. The molecule has 70 heavy (non-hydrogen) atoms. The van der Waals surface area contributed by atoms with Gasteiger partial charge >= 0.3 is 35.3 Å². The normalized spacial score (nSPS) is 11.3. The third kappa shape index (κ3) is 18.7. The molecule has 3 amide bonds. The van der Waals surface area contributed by atoms with E-state index in [1.807, 2.05) is 81.5 Å². The number of nitrogens with zero attached hydrogens (tertiary/aromatic N) is 3. The number of amides is 3. The van der Waals surface area contributed by atoms with Gasteiger partial charge in [-0.3, -0.25) is 0 Å². The maximum atomic E-state index is 13.7. The van der Waals surface area contributed by atoms with E-state index in [0.717, 1.165) is 36.8 Å². The number of benzene rings is 3. The molecule has 4 aromatic rings. The van der Waals surface area contributed by atoms with Gasteiger partial charge in [-0.2, -0.15) is 0 Å². The lowest BCUT2D eigenvalue weighted by Crippen LogP contribution is -2.54. The van der Waals surface area contributed by atoms with E-state index in [9.17, 15) is 28.8 Å². The van der Waals surface area contributed by atoms with Gasteiger partial charge in [-0.15, -0.1) is 0 Å². The quantitative estimate of drug-likeness (QED) is 0.0438. The van der Waals surface area contributed by atoms with Gasteiger partial charge in [0.25, 0.3) is 0 Å². The first-order valence-corrected chi connectivity index (χ1v) is 24.2. The number of hydrogen-bond donors (Lipinski definition) is 3. The van der Waals surface area contributed by atoms with Gasteiger partial charge in [-0.05, 0) is 112 Å². The Balaban J connectivity index is 1.26. The zero-order chi connectivity index (χ0) is 50.5. The molecule has 0 unspecified atom stereocenters. The van der Waals surface area contributed by atoms with E-state index in [0.29, 0.717) is 119 Å². The van der Waals surface area contributed by atoms with E-state index in [-0.39, 0.29) is 19.6 Å². The van der Waals surface area contributed by atoms with Crippen LogP contribution in [0.25, 0.3) is 18.2 Å². The number of carbonyl (C=O) groups is 3. The Kier molecular flexibility index (Phi) is 24.5. The summed E-state index contributed by atoms with van der Waals surface area (Å²) in [7, 11) is 3.01. The first-order valence-electron chi connectivity index (χ1n) is 24.2.